The zero-order valence-corrected chi connectivity index (χ0v) is 21.2. The number of fused-ring (bicyclic) bond motifs is 1. The molecule has 2 saturated heterocycles. The summed E-state index contributed by atoms with van der Waals surface area (Å²) >= 11 is 1.50. The maximum absolute atomic E-state index is 13.3. The molecule has 4 aliphatic heterocycles. The predicted octanol–water partition coefficient (Wildman–Crippen LogP) is 3.89. The summed E-state index contributed by atoms with van der Waals surface area (Å²) in [6.45, 7) is 6.47. The average Bonchev–Trinajstić information content (AvgIpc) is 3.49. The summed E-state index contributed by atoms with van der Waals surface area (Å²) in [5.41, 5.74) is 4.16. The van der Waals surface area contributed by atoms with Gasteiger partial charge in [0.1, 0.15) is 0 Å². The zero-order chi connectivity index (χ0) is 24.6. The van der Waals surface area contributed by atoms with Crippen LogP contribution < -0.4 is 0 Å². The van der Waals surface area contributed by atoms with Crippen LogP contribution in [0, 0.1) is 6.92 Å². The Hall–Kier alpha value is -2.62. The Morgan fingerprint density at radius 1 is 1.23 bits per heavy atom. The van der Waals surface area contributed by atoms with Crippen LogP contribution in [0.4, 0.5) is 0 Å². The number of esters is 1. The molecule has 35 heavy (non-hydrogen) atoms. The molecule has 0 saturated carbocycles. The van der Waals surface area contributed by atoms with Crippen molar-refractivity contribution < 1.29 is 23.8 Å². The first-order valence-electron chi connectivity index (χ1n) is 12.1. The molecule has 186 valence electrons. The molecule has 9 heteroatoms. The third-order valence-corrected chi connectivity index (χ3v) is 7.90. The van der Waals surface area contributed by atoms with E-state index in [-0.39, 0.29) is 12.3 Å². The number of carbonyl (C=O) groups is 2. The zero-order valence-electron chi connectivity index (χ0n) is 20.4. The van der Waals surface area contributed by atoms with Gasteiger partial charge < -0.3 is 24.0 Å². The number of hydrogen-bond donors (Lipinski definition) is 0. The summed E-state index contributed by atoms with van der Waals surface area (Å²) in [5, 5.41) is 2.77. The number of hydrogen-bond acceptors (Lipinski definition) is 8. The number of allylic oxidation sites excluding steroid dienone is 1. The second-order valence-electron chi connectivity index (χ2n) is 9.18. The molecule has 0 bridgehead atoms. The molecule has 0 N–H and O–H groups in total. The van der Waals surface area contributed by atoms with E-state index in [1.807, 2.05) is 47.3 Å². The number of thioether (sulfide) groups is 1. The van der Waals surface area contributed by atoms with Crippen molar-refractivity contribution in [1.29, 1.82) is 0 Å². The number of piperidine rings is 1. The Morgan fingerprint density at radius 2 is 1.97 bits per heavy atom. The van der Waals surface area contributed by atoms with Crippen LogP contribution in [0.2, 0.25) is 0 Å². The lowest BCUT2D eigenvalue weighted by atomic mass is 9.92. The molecule has 2 fully saturated rings. The number of rotatable bonds is 5. The number of carbonyl (C=O) groups excluding carboxylic acids is 2. The number of benzene rings is 1. The summed E-state index contributed by atoms with van der Waals surface area (Å²) in [5.74, 6) is -0.852. The van der Waals surface area contributed by atoms with E-state index in [4.69, 9.17) is 19.2 Å². The number of ether oxygens (including phenoxy) is 3. The Balaban J connectivity index is 1.41. The molecule has 4 aliphatic rings. The van der Waals surface area contributed by atoms with Gasteiger partial charge in [0.2, 0.25) is 5.91 Å². The van der Waals surface area contributed by atoms with Gasteiger partial charge in [0, 0.05) is 31.6 Å². The molecule has 1 spiro atoms. The normalized spacial score (nSPS) is 23.3. The molecule has 0 radical (unpaired) electrons. The maximum Gasteiger partial charge on any atom is 0.338 e. The van der Waals surface area contributed by atoms with Crippen LogP contribution in [0.15, 0.2) is 51.6 Å². The molecule has 0 aliphatic carbocycles. The van der Waals surface area contributed by atoms with Gasteiger partial charge in [0.15, 0.2) is 11.0 Å². The molecule has 1 aromatic carbocycles. The third-order valence-electron chi connectivity index (χ3n) is 7.01. The van der Waals surface area contributed by atoms with Crippen LogP contribution in [-0.2, 0) is 23.8 Å². The Kier molecular flexibility index (Phi) is 6.74. The van der Waals surface area contributed by atoms with Gasteiger partial charge in [0.05, 0.1) is 44.1 Å². The fourth-order valence-corrected chi connectivity index (χ4v) is 6.15. The first-order valence-corrected chi connectivity index (χ1v) is 13.0. The third kappa shape index (κ3) is 4.52. The summed E-state index contributed by atoms with van der Waals surface area (Å²) in [6.07, 6.45) is 2.21. The maximum atomic E-state index is 13.3. The topological polar surface area (TPSA) is 80.7 Å². The van der Waals surface area contributed by atoms with E-state index in [1.54, 1.807) is 0 Å². The molecular formula is C26H31N3O5S. The minimum Gasteiger partial charge on any atom is -0.466 e. The molecule has 0 aromatic heterocycles. The number of amidine groups is 1. The van der Waals surface area contributed by atoms with Crippen molar-refractivity contribution in [2.45, 2.75) is 51.4 Å². The SMILES string of the molecule is CCC1=C(C(=O)OC)[C@H](c2cccc(C)c2)N2C(CC(=O)N3CCC4(CC3)OCCO4)=CSC2=N1. The first kappa shape index (κ1) is 24.1. The van der Waals surface area contributed by atoms with E-state index < -0.39 is 17.8 Å². The van der Waals surface area contributed by atoms with Crippen molar-refractivity contribution in [3.63, 3.8) is 0 Å². The highest BCUT2D eigenvalue weighted by molar-refractivity contribution is 8.16. The quantitative estimate of drug-likeness (QED) is 0.571. The lowest BCUT2D eigenvalue weighted by molar-refractivity contribution is -0.187. The molecule has 4 heterocycles. The van der Waals surface area contributed by atoms with Crippen LogP contribution in [0.5, 0.6) is 0 Å². The number of likely N-dealkylation sites (tertiary alicyclic amines) is 1. The molecule has 1 atom stereocenters. The summed E-state index contributed by atoms with van der Waals surface area (Å²) in [4.78, 5) is 35.1. The van der Waals surface area contributed by atoms with Gasteiger partial charge >= 0.3 is 5.97 Å². The van der Waals surface area contributed by atoms with Gasteiger partial charge in [-0.2, -0.15) is 0 Å². The molecular weight excluding hydrogens is 466 g/mol. The fourth-order valence-electron chi connectivity index (χ4n) is 5.22. The molecule has 0 unspecified atom stereocenters. The second kappa shape index (κ2) is 9.79. The summed E-state index contributed by atoms with van der Waals surface area (Å²) in [6, 6.07) is 7.72. The summed E-state index contributed by atoms with van der Waals surface area (Å²) in [7, 11) is 1.40. The number of amides is 1. The van der Waals surface area contributed by atoms with Crippen LogP contribution in [0.3, 0.4) is 0 Å². The van der Waals surface area contributed by atoms with Crippen LogP contribution in [0.25, 0.3) is 0 Å². The molecule has 1 aromatic rings. The number of methoxy groups -OCH3 is 1. The van der Waals surface area contributed by atoms with E-state index >= 15 is 0 Å². The standard InChI is InChI=1S/C26H31N3O5S/c1-4-20-22(24(31)32-3)23(18-7-5-6-17(2)14-18)29-19(16-35-25(29)27-20)15-21(30)28-10-8-26(9-11-28)33-12-13-34-26/h5-7,14,16,23H,4,8-13,15H2,1-3H3/t23-/m0/s1. The van der Waals surface area contributed by atoms with Gasteiger partial charge in [-0.05, 0) is 24.3 Å². The minimum absolute atomic E-state index is 0.0545. The van der Waals surface area contributed by atoms with Gasteiger partial charge in [-0.25, -0.2) is 9.79 Å². The monoisotopic (exact) mass is 497 g/mol. The first-order chi connectivity index (χ1) is 16.9. The van der Waals surface area contributed by atoms with Crippen LogP contribution in [0.1, 0.15) is 49.8 Å². The van der Waals surface area contributed by atoms with Crippen molar-refractivity contribution in [1.82, 2.24) is 9.80 Å². The van der Waals surface area contributed by atoms with Gasteiger partial charge in [-0.3, -0.25) is 4.79 Å². The largest absolute Gasteiger partial charge is 0.466 e. The number of aliphatic imine (C=N–C) groups is 1. The molecule has 5 rings (SSSR count). The smallest absolute Gasteiger partial charge is 0.338 e. The minimum atomic E-state index is -0.515. The highest BCUT2D eigenvalue weighted by atomic mass is 32.2. The van der Waals surface area contributed by atoms with Crippen molar-refractivity contribution in [2.75, 3.05) is 33.4 Å². The average molecular weight is 498 g/mol. The molecule has 1 amide bonds. The lowest BCUT2D eigenvalue weighted by Crippen LogP contribution is -2.47. The van der Waals surface area contributed by atoms with Gasteiger partial charge in [-0.15, -0.1) is 0 Å². The Bertz CT molecular complexity index is 1110. The summed E-state index contributed by atoms with van der Waals surface area (Å²) < 4.78 is 16.8. The molecule has 8 nitrogen and oxygen atoms in total. The van der Waals surface area contributed by atoms with Crippen molar-refractivity contribution in [2.24, 2.45) is 4.99 Å². The highest BCUT2D eigenvalue weighted by Gasteiger charge is 2.43. The Morgan fingerprint density at radius 3 is 2.63 bits per heavy atom. The van der Waals surface area contributed by atoms with Crippen molar-refractivity contribution in [3.8, 4) is 0 Å². The predicted molar refractivity (Wildman–Crippen MR) is 133 cm³/mol. The van der Waals surface area contributed by atoms with Gasteiger partial charge in [0.25, 0.3) is 0 Å². The fraction of sp³-hybridized carbons (Fsp3) is 0.500. The van der Waals surface area contributed by atoms with Gasteiger partial charge in [-0.1, -0.05) is 48.5 Å². The van der Waals surface area contributed by atoms with Crippen molar-refractivity contribution >= 4 is 28.8 Å². The van der Waals surface area contributed by atoms with Crippen LogP contribution >= 0.6 is 11.8 Å². The lowest BCUT2D eigenvalue weighted by Gasteiger charge is -2.39. The van der Waals surface area contributed by atoms with E-state index in [0.717, 1.165) is 27.7 Å². The second-order valence-corrected chi connectivity index (χ2v) is 10.0. The highest BCUT2D eigenvalue weighted by Crippen LogP contribution is 2.45. The van der Waals surface area contributed by atoms with Crippen LogP contribution in [-0.4, -0.2) is 66.0 Å². The van der Waals surface area contributed by atoms with E-state index in [9.17, 15) is 9.59 Å². The number of nitrogens with zero attached hydrogens (tertiary/aromatic N) is 3. The van der Waals surface area contributed by atoms with Crippen molar-refractivity contribution in [3.05, 3.63) is 57.8 Å². The van der Waals surface area contributed by atoms with E-state index in [0.29, 0.717) is 51.1 Å². The number of aryl methyl sites for hydroxylation is 1. The van der Waals surface area contributed by atoms with E-state index in [1.165, 1.54) is 18.9 Å². The van der Waals surface area contributed by atoms with E-state index in [2.05, 4.69) is 6.07 Å². The Labute approximate surface area is 210 Å².